The van der Waals surface area contributed by atoms with Gasteiger partial charge in [-0.25, -0.2) is 0 Å². The SMILES string of the molecule is Cc1cc(C(=O)CSc2nnc(C[NH+]3CCCC3)o2)c(C)n1C[C@@H]1CCCO1. The average molecular weight is 406 g/mol. The first-order valence-electron chi connectivity index (χ1n) is 10.2. The minimum Gasteiger partial charge on any atom is -0.410 e. The van der Waals surface area contributed by atoms with Gasteiger partial charge in [-0.2, -0.15) is 0 Å². The van der Waals surface area contributed by atoms with Gasteiger partial charge in [0.25, 0.3) is 11.1 Å². The van der Waals surface area contributed by atoms with E-state index in [0.29, 0.717) is 16.9 Å². The van der Waals surface area contributed by atoms with Crippen molar-refractivity contribution in [2.24, 2.45) is 0 Å². The van der Waals surface area contributed by atoms with Gasteiger partial charge in [-0.1, -0.05) is 11.8 Å². The zero-order chi connectivity index (χ0) is 19.5. The first kappa shape index (κ1) is 19.7. The van der Waals surface area contributed by atoms with Crippen molar-refractivity contribution >= 4 is 17.5 Å². The second-order valence-electron chi connectivity index (χ2n) is 7.84. The molecule has 0 saturated carbocycles. The second kappa shape index (κ2) is 8.80. The summed E-state index contributed by atoms with van der Waals surface area (Å²) in [6.45, 7) is 8.86. The Balaban J connectivity index is 1.34. The molecule has 2 fully saturated rings. The Morgan fingerprint density at radius 3 is 2.86 bits per heavy atom. The van der Waals surface area contributed by atoms with Crippen molar-refractivity contribution in [3.8, 4) is 0 Å². The van der Waals surface area contributed by atoms with Crippen molar-refractivity contribution in [1.82, 2.24) is 14.8 Å². The first-order valence-corrected chi connectivity index (χ1v) is 11.2. The van der Waals surface area contributed by atoms with Crippen LogP contribution in [0.1, 0.15) is 53.3 Å². The number of likely N-dealkylation sites (tertiary alicyclic amines) is 1. The highest BCUT2D eigenvalue weighted by atomic mass is 32.2. The van der Waals surface area contributed by atoms with E-state index in [4.69, 9.17) is 9.15 Å². The molecule has 0 bridgehead atoms. The Labute approximate surface area is 169 Å². The predicted octanol–water partition coefficient (Wildman–Crippen LogP) is 1.82. The van der Waals surface area contributed by atoms with Gasteiger partial charge in [0.15, 0.2) is 12.3 Å². The van der Waals surface area contributed by atoms with E-state index >= 15 is 0 Å². The summed E-state index contributed by atoms with van der Waals surface area (Å²) >= 11 is 1.33. The quantitative estimate of drug-likeness (QED) is 0.533. The zero-order valence-electron chi connectivity index (χ0n) is 16.7. The molecular formula is C20H29N4O3S+. The number of ether oxygens (including phenoxy) is 1. The molecule has 4 heterocycles. The molecule has 152 valence electrons. The molecule has 1 atom stereocenters. The molecule has 1 N–H and O–H groups in total. The molecule has 2 aliphatic heterocycles. The molecule has 0 amide bonds. The largest absolute Gasteiger partial charge is 0.410 e. The average Bonchev–Trinajstić information content (AvgIpc) is 3.47. The number of aromatic nitrogens is 3. The smallest absolute Gasteiger partial charge is 0.277 e. The number of nitrogens with zero attached hydrogens (tertiary/aromatic N) is 3. The molecule has 2 aromatic heterocycles. The molecule has 0 unspecified atom stereocenters. The van der Waals surface area contributed by atoms with Crippen LogP contribution < -0.4 is 4.90 Å². The molecule has 2 aliphatic rings. The minimum absolute atomic E-state index is 0.0987. The van der Waals surface area contributed by atoms with Crippen molar-refractivity contribution in [3.63, 3.8) is 0 Å². The molecule has 8 heteroatoms. The summed E-state index contributed by atoms with van der Waals surface area (Å²) in [6.07, 6.45) is 5.01. The predicted molar refractivity (Wildman–Crippen MR) is 106 cm³/mol. The molecule has 0 aliphatic carbocycles. The topological polar surface area (TPSA) is 74.6 Å². The highest BCUT2D eigenvalue weighted by Crippen LogP contribution is 2.23. The van der Waals surface area contributed by atoms with Gasteiger partial charge in [-0.3, -0.25) is 4.79 Å². The van der Waals surface area contributed by atoms with Gasteiger partial charge in [-0.15, -0.1) is 10.2 Å². The zero-order valence-corrected chi connectivity index (χ0v) is 17.5. The Morgan fingerprint density at radius 1 is 1.29 bits per heavy atom. The minimum atomic E-state index is 0.0987. The van der Waals surface area contributed by atoms with Crippen LogP contribution in [0.15, 0.2) is 15.7 Å². The van der Waals surface area contributed by atoms with Crippen LogP contribution in [-0.4, -0.2) is 52.1 Å². The number of thioether (sulfide) groups is 1. The van der Waals surface area contributed by atoms with Crippen LogP contribution in [0.2, 0.25) is 0 Å². The van der Waals surface area contributed by atoms with Crippen molar-refractivity contribution in [2.75, 3.05) is 25.4 Å². The van der Waals surface area contributed by atoms with Gasteiger partial charge in [-0.05, 0) is 32.8 Å². The molecule has 2 aromatic rings. The summed E-state index contributed by atoms with van der Waals surface area (Å²) in [7, 11) is 0. The lowest BCUT2D eigenvalue weighted by atomic mass is 10.2. The van der Waals surface area contributed by atoms with Crippen molar-refractivity contribution in [2.45, 2.75) is 63.9 Å². The standard InChI is InChI=1S/C20H28N4O3S/c1-14-10-17(15(2)24(14)11-16-6-5-9-26-16)18(25)13-28-20-22-21-19(27-20)12-23-7-3-4-8-23/h10,16H,3-9,11-13H2,1-2H3/p+1/t16-/m0/s1. The summed E-state index contributed by atoms with van der Waals surface area (Å²) < 4.78 is 13.7. The maximum Gasteiger partial charge on any atom is 0.277 e. The van der Waals surface area contributed by atoms with E-state index < -0.39 is 0 Å². The van der Waals surface area contributed by atoms with Crippen LogP contribution in [-0.2, 0) is 17.8 Å². The summed E-state index contributed by atoms with van der Waals surface area (Å²) in [4.78, 5) is 14.3. The van der Waals surface area contributed by atoms with Crippen LogP contribution in [0, 0.1) is 13.8 Å². The third-order valence-corrected chi connectivity index (χ3v) is 6.59. The lowest BCUT2D eigenvalue weighted by Crippen LogP contribution is -3.08. The van der Waals surface area contributed by atoms with Crippen LogP contribution in [0.5, 0.6) is 0 Å². The van der Waals surface area contributed by atoms with E-state index in [-0.39, 0.29) is 11.9 Å². The Hall–Kier alpha value is -1.64. The van der Waals surface area contributed by atoms with Gasteiger partial charge in [0.2, 0.25) is 0 Å². The van der Waals surface area contributed by atoms with Crippen molar-refractivity contribution in [3.05, 3.63) is 28.9 Å². The van der Waals surface area contributed by atoms with Crippen LogP contribution >= 0.6 is 11.8 Å². The maximum absolute atomic E-state index is 12.8. The number of ketones is 1. The fraction of sp³-hybridized carbons (Fsp3) is 0.650. The van der Waals surface area contributed by atoms with Gasteiger partial charge < -0.3 is 18.6 Å². The first-order chi connectivity index (χ1) is 13.6. The number of hydrogen-bond acceptors (Lipinski definition) is 6. The Morgan fingerprint density at radius 2 is 2.11 bits per heavy atom. The molecule has 0 aromatic carbocycles. The number of rotatable bonds is 8. The van der Waals surface area contributed by atoms with E-state index in [2.05, 4.69) is 21.7 Å². The lowest BCUT2D eigenvalue weighted by Gasteiger charge is -2.14. The van der Waals surface area contributed by atoms with E-state index in [1.54, 1.807) is 0 Å². The van der Waals surface area contributed by atoms with Crippen molar-refractivity contribution in [1.29, 1.82) is 0 Å². The maximum atomic E-state index is 12.8. The molecular weight excluding hydrogens is 376 g/mol. The van der Waals surface area contributed by atoms with E-state index in [1.165, 1.54) is 42.6 Å². The van der Waals surface area contributed by atoms with E-state index in [0.717, 1.165) is 49.5 Å². The van der Waals surface area contributed by atoms with Gasteiger partial charge in [0.05, 0.1) is 24.9 Å². The lowest BCUT2D eigenvalue weighted by molar-refractivity contribution is -0.902. The molecule has 4 rings (SSSR count). The van der Waals surface area contributed by atoms with Crippen LogP contribution in [0.25, 0.3) is 0 Å². The molecule has 0 radical (unpaired) electrons. The highest BCUT2D eigenvalue weighted by Gasteiger charge is 2.22. The van der Waals surface area contributed by atoms with E-state index in [1.807, 2.05) is 13.0 Å². The molecule has 0 spiro atoms. The Bertz CT molecular complexity index is 820. The summed E-state index contributed by atoms with van der Waals surface area (Å²) in [5, 5.41) is 8.71. The van der Waals surface area contributed by atoms with Gasteiger partial charge in [0.1, 0.15) is 0 Å². The summed E-state index contributed by atoms with van der Waals surface area (Å²) in [5.41, 5.74) is 2.90. The van der Waals surface area contributed by atoms with Crippen molar-refractivity contribution < 1.29 is 18.8 Å². The van der Waals surface area contributed by atoms with Gasteiger partial charge in [0, 0.05) is 42.9 Å². The summed E-state index contributed by atoms with van der Waals surface area (Å²) in [6, 6.07) is 1.99. The Kier molecular flexibility index (Phi) is 6.18. The summed E-state index contributed by atoms with van der Waals surface area (Å²) in [5.74, 6) is 1.07. The van der Waals surface area contributed by atoms with Crippen LogP contribution in [0.3, 0.4) is 0 Å². The molecule has 7 nitrogen and oxygen atoms in total. The molecule has 2 saturated heterocycles. The molecule has 28 heavy (non-hydrogen) atoms. The third kappa shape index (κ3) is 4.50. The highest BCUT2D eigenvalue weighted by molar-refractivity contribution is 7.99. The second-order valence-corrected chi connectivity index (χ2v) is 8.76. The number of carbonyl (C=O) groups excluding carboxylic acids is 1. The normalized spacial score (nSPS) is 20.3. The van der Waals surface area contributed by atoms with E-state index in [9.17, 15) is 4.79 Å². The number of Topliss-reactive ketones (excluding diaryl/α,β-unsaturated/α-hetero) is 1. The van der Waals surface area contributed by atoms with Gasteiger partial charge >= 0.3 is 0 Å². The van der Waals surface area contributed by atoms with Crippen LogP contribution in [0.4, 0.5) is 0 Å². The monoisotopic (exact) mass is 405 g/mol. The number of nitrogens with one attached hydrogen (secondary N) is 1. The number of carbonyl (C=O) groups is 1. The number of aryl methyl sites for hydroxylation is 1. The third-order valence-electron chi connectivity index (χ3n) is 5.77. The number of hydrogen-bond donors (Lipinski definition) is 1. The number of quaternary nitrogens is 1. The fourth-order valence-electron chi connectivity index (χ4n) is 4.19. The fourth-order valence-corrected chi connectivity index (χ4v) is 4.86.